The molecule has 132 valence electrons. The Morgan fingerprint density at radius 3 is 2.67 bits per heavy atom. The van der Waals surface area contributed by atoms with Crippen molar-refractivity contribution < 1.29 is 18.0 Å². The standard InChI is InChI=1S/C16H21ClN2O4S/c1-11(20)18-15(12-4-3-5-13(17)8-12)9-16(21)19(2)14-6-7-24(22,23)10-14/h3-5,8,14-15H,6-7,9-10H2,1-2H3,(H,18,20). The monoisotopic (exact) mass is 372 g/mol. The van der Waals surface area contributed by atoms with Gasteiger partial charge in [0, 0.05) is 25.0 Å². The number of benzene rings is 1. The minimum absolute atomic E-state index is 0.00277. The Hall–Kier alpha value is -1.60. The van der Waals surface area contributed by atoms with Crippen molar-refractivity contribution in [1.29, 1.82) is 0 Å². The van der Waals surface area contributed by atoms with Crippen LogP contribution in [0.4, 0.5) is 0 Å². The van der Waals surface area contributed by atoms with Crippen molar-refractivity contribution in [3.8, 4) is 0 Å². The van der Waals surface area contributed by atoms with Crippen LogP contribution >= 0.6 is 11.6 Å². The minimum Gasteiger partial charge on any atom is -0.349 e. The van der Waals surface area contributed by atoms with E-state index in [1.165, 1.54) is 11.8 Å². The van der Waals surface area contributed by atoms with Gasteiger partial charge >= 0.3 is 0 Å². The number of halogens is 1. The molecule has 0 bridgehead atoms. The van der Waals surface area contributed by atoms with E-state index < -0.39 is 15.9 Å². The summed E-state index contributed by atoms with van der Waals surface area (Å²) in [4.78, 5) is 25.5. The highest BCUT2D eigenvalue weighted by Crippen LogP contribution is 2.23. The number of nitrogens with one attached hydrogen (secondary N) is 1. The number of sulfone groups is 1. The number of hydrogen-bond acceptors (Lipinski definition) is 4. The van der Waals surface area contributed by atoms with Crippen LogP contribution in [0.25, 0.3) is 0 Å². The van der Waals surface area contributed by atoms with Crippen LogP contribution in [0.15, 0.2) is 24.3 Å². The Morgan fingerprint density at radius 2 is 2.12 bits per heavy atom. The van der Waals surface area contributed by atoms with Crippen LogP contribution in [0.2, 0.25) is 5.02 Å². The fourth-order valence-corrected chi connectivity index (χ4v) is 4.80. The summed E-state index contributed by atoms with van der Waals surface area (Å²) in [5, 5.41) is 3.27. The third kappa shape index (κ3) is 4.95. The Bertz CT molecular complexity index is 735. The summed E-state index contributed by atoms with van der Waals surface area (Å²) in [6.07, 6.45) is 0.500. The van der Waals surface area contributed by atoms with Gasteiger partial charge in [-0.1, -0.05) is 23.7 Å². The molecule has 0 radical (unpaired) electrons. The molecule has 1 aromatic rings. The highest BCUT2D eigenvalue weighted by atomic mass is 35.5. The lowest BCUT2D eigenvalue weighted by Crippen LogP contribution is -2.40. The Kier molecular flexibility index (Phi) is 5.87. The lowest BCUT2D eigenvalue weighted by atomic mass is 10.0. The van der Waals surface area contributed by atoms with E-state index in [0.29, 0.717) is 11.4 Å². The largest absolute Gasteiger partial charge is 0.349 e. The van der Waals surface area contributed by atoms with Crippen LogP contribution in [0.5, 0.6) is 0 Å². The zero-order valence-electron chi connectivity index (χ0n) is 13.7. The number of carbonyl (C=O) groups excluding carboxylic acids is 2. The van der Waals surface area contributed by atoms with Crippen molar-refractivity contribution in [1.82, 2.24) is 10.2 Å². The third-order valence-electron chi connectivity index (χ3n) is 4.16. The van der Waals surface area contributed by atoms with Gasteiger partial charge in [-0.15, -0.1) is 0 Å². The van der Waals surface area contributed by atoms with E-state index in [2.05, 4.69) is 5.32 Å². The second-order valence-corrected chi connectivity index (χ2v) is 8.74. The van der Waals surface area contributed by atoms with Crippen LogP contribution in [-0.2, 0) is 19.4 Å². The lowest BCUT2D eigenvalue weighted by molar-refractivity contribution is -0.132. The number of nitrogens with zero attached hydrogens (tertiary/aromatic N) is 1. The second kappa shape index (κ2) is 7.53. The van der Waals surface area contributed by atoms with E-state index in [-0.39, 0.29) is 35.8 Å². The van der Waals surface area contributed by atoms with Gasteiger partial charge in [-0.25, -0.2) is 8.42 Å². The number of hydrogen-bond donors (Lipinski definition) is 1. The molecule has 2 unspecified atom stereocenters. The third-order valence-corrected chi connectivity index (χ3v) is 6.14. The van der Waals surface area contributed by atoms with E-state index in [1.807, 2.05) is 0 Å². The molecule has 1 aliphatic rings. The SMILES string of the molecule is CC(=O)NC(CC(=O)N(C)C1CCS(=O)(=O)C1)c1cccc(Cl)c1. The molecule has 24 heavy (non-hydrogen) atoms. The van der Waals surface area contributed by atoms with Crippen molar-refractivity contribution >= 4 is 33.3 Å². The maximum atomic E-state index is 12.5. The molecule has 1 aromatic carbocycles. The zero-order valence-corrected chi connectivity index (χ0v) is 15.2. The fraction of sp³-hybridized carbons (Fsp3) is 0.500. The number of carbonyl (C=O) groups is 2. The molecule has 0 aliphatic carbocycles. The molecule has 1 aliphatic heterocycles. The molecular formula is C16H21ClN2O4S. The van der Waals surface area contributed by atoms with Gasteiger partial charge in [-0.2, -0.15) is 0 Å². The van der Waals surface area contributed by atoms with Gasteiger partial charge in [0.1, 0.15) is 0 Å². The van der Waals surface area contributed by atoms with Crippen molar-refractivity contribution in [3.05, 3.63) is 34.9 Å². The average molecular weight is 373 g/mol. The molecule has 1 saturated heterocycles. The molecule has 2 amide bonds. The highest BCUT2D eigenvalue weighted by Gasteiger charge is 2.33. The fourth-order valence-electron chi connectivity index (χ4n) is 2.82. The van der Waals surface area contributed by atoms with Crippen LogP contribution in [0.1, 0.15) is 31.4 Å². The van der Waals surface area contributed by atoms with E-state index >= 15 is 0 Å². The van der Waals surface area contributed by atoms with Gasteiger partial charge in [0.05, 0.1) is 24.0 Å². The lowest BCUT2D eigenvalue weighted by Gasteiger charge is -2.26. The summed E-state index contributed by atoms with van der Waals surface area (Å²) in [5.74, 6) is -0.356. The molecular weight excluding hydrogens is 352 g/mol. The van der Waals surface area contributed by atoms with Gasteiger partial charge in [-0.05, 0) is 24.1 Å². The van der Waals surface area contributed by atoms with Crippen LogP contribution in [0.3, 0.4) is 0 Å². The quantitative estimate of drug-likeness (QED) is 0.850. The van der Waals surface area contributed by atoms with Crippen molar-refractivity contribution in [3.63, 3.8) is 0 Å². The predicted octanol–water partition coefficient (Wildman–Crippen LogP) is 1.55. The first-order valence-electron chi connectivity index (χ1n) is 7.66. The van der Waals surface area contributed by atoms with Crippen molar-refractivity contribution in [2.75, 3.05) is 18.6 Å². The van der Waals surface area contributed by atoms with E-state index in [1.54, 1.807) is 31.3 Å². The summed E-state index contributed by atoms with van der Waals surface area (Å²) in [5.41, 5.74) is 0.735. The van der Waals surface area contributed by atoms with Gasteiger partial charge < -0.3 is 10.2 Å². The van der Waals surface area contributed by atoms with Crippen LogP contribution in [0, 0.1) is 0 Å². The number of rotatable bonds is 5. The first-order valence-corrected chi connectivity index (χ1v) is 9.86. The molecule has 0 spiro atoms. The van der Waals surface area contributed by atoms with Crippen LogP contribution in [-0.4, -0.2) is 49.7 Å². The normalized spacial score (nSPS) is 20.4. The highest BCUT2D eigenvalue weighted by molar-refractivity contribution is 7.91. The molecule has 0 aromatic heterocycles. The second-order valence-electron chi connectivity index (χ2n) is 6.07. The molecule has 2 rings (SSSR count). The van der Waals surface area contributed by atoms with Crippen molar-refractivity contribution in [2.24, 2.45) is 0 Å². The summed E-state index contributed by atoms with van der Waals surface area (Å²) < 4.78 is 23.2. The van der Waals surface area contributed by atoms with Gasteiger partial charge in [0.2, 0.25) is 11.8 Å². The Labute approximate surface area is 147 Å². The smallest absolute Gasteiger partial charge is 0.225 e. The van der Waals surface area contributed by atoms with E-state index in [4.69, 9.17) is 11.6 Å². The van der Waals surface area contributed by atoms with Gasteiger partial charge in [0.15, 0.2) is 9.84 Å². The maximum Gasteiger partial charge on any atom is 0.225 e. The van der Waals surface area contributed by atoms with Gasteiger partial charge in [-0.3, -0.25) is 9.59 Å². The first-order chi connectivity index (χ1) is 11.2. The Balaban J connectivity index is 2.11. The summed E-state index contributed by atoms with van der Waals surface area (Å²) in [7, 11) is -1.45. The summed E-state index contributed by atoms with van der Waals surface area (Å²) in [6, 6.07) is 6.15. The number of amides is 2. The van der Waals surface area contributed by atoms with Gasteiger partial charge in [0.25, 0.3) is 0 Å². The minimum atomic E-state index is -3.06. The summed E-state index contributed by atoms with van der Waals surface area (Å²) >= 11 is 5.98. The van der Waals surface area contributed by atoms with Crippen molar-refractivity contribution in [2.45, 2.75) is 31.8 Å². The summed E-state index contributed by atoms with van der Waals surface area (Å²) in [6.45, 7) is 1.38. The zero-order chi connectivity index (χ0) is 17.9. The molecule has 8 heteroatoms. The first kappa shape index (κ1) is 18.7. The molecule has 1 N–H and O–H groups in total. The van der Waals surface area contributed by atoms with E-state index in [0.717, 1.165) is 5.56 Å². The predicted molar refractivity (Wildman–Crippen MR) is 92.5 cm³/mol. The maximum absolute atomic E-state index is 12.5. The average Bonchev–Trinajstić information content (AvgIpc) is 2.85. The molecule has 6 nitrogen and oxygen atoms in total. The molecule has 1 fully saturated rings. The molecule has 2 atom stereocenters. The molecule has 1 heterocycles. The van der Waals surface area contributed by atoms with E-state index in [9.17, 15) is 18.0 Å². The topological polar surface area (TPSA) is 83.6 Å². The molecule has 0 saturated carbocycles. The van der Waals surface area contributed by atoms with Crippen LogP contribution < -0.4 is 5.32 Å². The Morgan fingerprint density at radius 1 is 1.42 bits per heavy atom.